The summed E-state index contributed by atoms with van der Waals surface area (Å²) in [5.41, 5.74) is 2.45. The van der Waals surface area contributed by atoms with Gasteiger partial charge in [0.2, 0.25) is 0 Å². The maximum absolute atomic E-state index is 12.6. The van der Waals surface area contributed by atoms with Gasteiger partial charge in [-0.15, -0.1) is 11.6 Å². The minimum absolute atomic E-state index is 0.266. The molecule has 0 atom stereocenters. The highest BCUT2D eigenvalue weighted by molar-refractivity contribution is 6.31. The summed E-state index contributed by atoms with van der Waals surface area (Å²) < 4.78 is 5.40. The molecule has 0 saturated heterocycles. The summed E-state index contributed by atoms with van der Waals surface area (Å²) in [5, 5.41) is 6.54. The van der Waals surface area contributed by atoms with Gasteiger partial charge in [-0.3, -0.25) is 9.78 Å². The second-order valence-electron chi connectivity index (χ2n) is 6.39. The van der Waals surface area contributed by atoms with E-state index in [0.29, 0.717) is 52.5 Å². The van der Waals surface area contributed by atoms with E-state index in [1.807, 2.05) is 6.07 Å². The SMILES string of the molecule is C=Cc1ccc(Cl)cc1-c1ncc(OC)c(Nc2ccncc2C(=O)NCCCCl)n1. The number of anilines is 2. The van der Waals surface area contributed by atoms with Crippen molar-refractivity contribution < 1.29 is 9.53 Å². The molecular weight excluding hydrogens is 437 g/mol. The Morgan fingerprint density at radius 2 is 2.13 bits per heavy atom. The van der Waals surface area contributed by atoms with E-state index < -0.39 is 0 Å². The molecule has 1 amide bonds. The van der Waals surface area contributed by atoms with E-state index in [4.69, 9.17) is 27.9 Å². The van der Waals surface area contributed by atoms with Crippen LogP contribution in [0.4, 0.5) is 11.5 Å². The number of ether oxygens (including phenoxy) is 1. The first-order valence-corrected chi connectivity index (χ1v) is 10.4. The number of nitrogens with zero attached hydrogens (tertiary/aromatic N) is 3. The van der Waals surface area contributed by atoms with Crippen LogP contribution in [0.15, 0.2) is 49.4 Å². The first-order chi connectivity index (χ1) is 15.1. The largest absolute Gasteiger partial charge is 0.491 e. The van der Waals surface area contributed by atoms with E-state index in [1.165, 1.54) is 13.3 Å². The zero-order chi connectivity index (χ0) is 22.2. The van der Waals surface area contributed by atoms with Gasteiger partial charge < -0.3 is 15.4 Å². The van der Waals surface area contributed by atoms with Gasteiger partial charge in [-0.1, -0.05) is 30.3 Å². The first-order valence-electron chi connectivity index (χ1n) is 9.46. The number of benzene rings is 1. The topological polar surface area (TPSA) is 89.0 Å². The highest BCUT2D eigenvalue weighted by Crippen LogP contribution is 2.31. The quantitative estimate of drug-likeness (QED) is 0.349. The fraction of sp³-hybridized carbons (Fsp3) is 0.182. The fourth-order valence-electron chi connectivity index (χ4n) is 2.82. The molecule has 1 aromatic carbocycles. The number of halogens is 2. The molecule has 0 saturated carbocycles. The number of rotatable bonds is 9. The monoisotopic (exact) mass is 457 g/mol. The van der Waals surface area contributed by atoms with E-state index in [-0.39, 0.29) is 5.91 Å². The molecule has 0 aliphatic rings. The van der Waals surface area contributed by atoms with Crippen molar-refractivity contribution >= 4 is 46.7 Å². The number of amides is 1. The molecule has 9 heteroatoms. The summed E-state index contributed by atoms with van der Waals surface area (Å²) in [7, 11) is 1.52. The smallest absolute Gasteiger partial charge is 0.254 e. The average Bonchev–Trinajstić information content (AvgIpc) is 2.79. The second-order valence-corrected chi connectivity index (χ2v) is 7.21. The fourth-order valence-corrected chi connectivity index (χ4v) is 3.12. The van der Waals surface area contributed by atoms with Gasteiger partial charge in [-0.25, -0.2) is 9.97 Å². The third-order valence-electron chi connectivity index (χ3n) is 4.37. The predicted molar refractivity (Wildman–Crippen MR) is 124 cm³/mol. The molecule has 160 valence electrons. The Balaban J connectivity index is 1.98. The molecular formula is C22H21Cl2N5O2. The predicted octanol–water partition coefficient (Wildman–Crippen LogP) is 4.95. The van der Waals surface area contributed by atoms with Gasteiger partial charge >= 0.3 is 0 Å². The van der Waals surface area contributed by atoms with Gasteiger partial charge in [0.15, 0.2) is 17.4 Å². The van der Waals surface area contributed by atoms with Gasteiger partial charge in [-0.2, -0.15) is 0 Å². The summed E-state index contributed by atoms with van der Waals surface area (Å²) in [6.07, 6.45) is 7.00. The van der Waals surface area contributed by atoms with Crippen LogP contribution in [-0.4, -0.2) is 40.4 Å². The van der Waals surface area contributed by atoms with E-state index in [0.717, 1.165) is 11.1 Å². The normalized spacial score (nSPS) is 10.4. The molecule has 3 rings (SSSR count). The maximum Gasteiger partial charge on any atom is 0.254 e. The summed E-state index contributed by atoms with van der Waals surface area (Å²) >= 11 is 11.9. The van der Waals surface area contributed by atoms with Crippen LogP contribution < -0.4 is 15.4 Å². The third-order valence-corrected chi connectivity index (χ3v) is 4.87. The molecule has 0 unspecified atom stereocenters. The second kappa shape index (κ2) is 10.7. The molecule has 0 aliphatic heterocycles. The third kappa shape index (κ3) is 5.51. The van der Waals surface area contributed by atoms with Crippen molar-refractivity contribution in [2.75, 3.05) is 24.9 Å². The zero-order valence-corrected chi connectivity index (χ0v) is 18.4. The van der Waals surface area contributed by atoms with Gasteiger partial charge in [0.1, 0.15) is 0 Å². The molecule has 0 bridgehead atoms. The van der Waals surface area contributed by atoms with Crippen LogP contribution in [0.1, 0.15) is 22.3 Å². The van der Waals surface area contributed by atoms with E-state index in [9.17, 15) is 4.79 Å². The molecule has 7 nitrogen and oxygen atoms in total. The number of hydrogen-bond donors (Lipinski definition) is 2. The van der Waals surface area contributed by atoms with Crippen molar-refractivity contribution in [3.05, 3.63) is 65.6 Å². The molecule has 0 radical (unpaired) electrons. The number of carbonyl (C=O) groups is 1. The van der Waals surface area contributed by atoms with E-state index in [2.05, 4.69) is 32.2 Å². The van der Waals surface area contributed by atoms with Crippen LogP contribution in [0.25, 0.3) is 17.5 Å². The van der Waals surface area contributed by atoms with Gasteiger partial charge in [0, 0.05) is 35.4 Å². The number of alkyl halides is 1. The summed E-state index contributed by atoms with van der Waals surface area (Å²) in [6, 6.07) is 7.08. The van der Waals surface area contributed by atoms with E-state index >= 15 is 0 Å². The molecule has 0 aliphatic carbocycles. The highest BCUT2D eigenvalue weighted by Gasteiger charge is 2.16. The Labute approximate surface area is 190 Å². The molecule has 0 fully saturated rings. The standard InChI is InChI=1S/C22H21Cl2N5O2/c1-3-14-5-6-15(24)11-16(14)20-27-13-19(31-2)21(29-20)28-18-7-10-25-12-17(18)22(30)26-9-4-8-23/h3,5-7,10-13H,1,4,8-9H2,2H3,(H,26,30)(H,25,27,28,29). The lowest BCUT2D eigenvalue weighted by molar-refractivity contribution is 0.0954. The minimum Gasteiger partial charge on any atom is -0.491 e. The van der Waals surface area contributed by atoms with Crippen LogP contribution in [0.3, 0.4) is 0 Å². The molecule has 2 N–H and O–H groups in total. The first kappa shape index (κ1) is 22.5. The van der Waals surface area contributed by atoms with Crippen LogP contribution in [0, 0.1) is 0 Å². The summed E-state index contributed by atoms with van der Waals surface area (Å²) in [4.78, 5) is 25.6. The number of hydrogen-bond acceptors (Lipinski definition) is 6. The molecule has 2 heterocycles. The van der Waals surface area contributed by atoms with Crippen LogP contribution in [-0.2, 0) is 0 Å². The molecule has 31 heavy (non-hydrogen) atoms. The molecule has 3 aromatic rings. The van der Waals surface area contributed by atoms with Gasteiger partial charge in [-0.05, 0) is 30.2 Å². The van der Waals surface area contributed by atoms with Crippen molar-refractivity contribution in [2.45, 2.75) is 6.42 Å². The van der Waals surface area contributed by atoms with Crippen LogP contribution >= 0.6 is 23.2 Å². The lowest BCUT2D eigenvalue weighted by atomic mass is 10.1. The average molecular weight is 458 g/mol. The number of methoxy groups -OCH3 is 1. The van der Waals surface area contributed by atoms with Crippen molar-refractivity contribution in [1.82, 2.24) is 20.3 Å². The summed E-state index contributed by atoms with van der Waals surface area (Å²) in [6.45, 7) is 4.30. The maximum atomic E-state index is 12.6. The Kier molecular flexibility index (Phi) is 7.81. The summed E-state index contributed by atoms with van der Waals surface area (Å²) in [5.74, 6) is 1.44. The molecule has 2 aromatic heterocycles. The van der Waals surface area contributed by atoms with Crippen molar-refractivity contribution in [2.24, 2.45) is 0 Å². The number of pyridine rings is 1. The van der Waals surface area contributed by atoms with Gasteiger partial charge in [0.05, 0.1) is 24.6 Å². The Morgan fingerprint density at radius 3 is 2.87 bits per heavy atom. The Morgan fingerprint density at radius 1 is 1.29 bits per heavy atom. The Hall–Kier alpha value is -3.16. The lowest BCUT2D eigenvalue weighted by Crippen LogP contribution is -2.25. The highest BCUT2D eigenvalue weighted by atomic mass is 35.5. The van der Waals surface area contributed by atoms with Crippen molar-refractivity contribution in [3.63, 3.8) is 0 Å². The minimum atomic E-state index is -0.266. The van der Waals surface area contributed by atoms with Crippen LogP contribution in [0.2, 0.25) is 5.02 Å². The van der Waals surface area contributed by atoms with E-state index in [1.54, 1.807) is 36.7 Å². The Bertz CT molecular complexity index is 1090. The van der Waals surface area contributed by atoms with Crippen LogP contribution in [0.5, 0.6) is 5.75 Å². The zero-order valence-electron chi connectivity index (χ0n) is 16.9. The number of nitrogens with one attached hydrogen (secondary N) is 2. The van der Waals surface area contributed by atoms with Crippen molar-refractivity contribution in [1.29, 1.82) is 0 Å². The number of carbonyl (C=O) groups excluding carboxylic acids is 1. The lowest BCUT2D eigenvalue weighted by Gasteiger charge is -2.15. The van der Waals surface area contributed by atoms with Crippen molar-refractivity contribution in [3.8, 4) is 17.1 Å². The molecule has 0 spiro atoms. The number of aromatic nitrogens is 3. The van der Waals surface area contributed by atoms with Gasteiger partial charge in [0.25, 0.3) is 5.91 Å².